The van der Waals surface area contributed by atoms with Crippen molar-refractivity contribution in [3.63, 3.8) is 0 Å². The van der Waals surface area contributed by atoms with Gasteiger partial charge in [-0.15, -0.1) is 11.3 Å². The average Bonchev–Trinajstić information content (AvgIpc) is 3.25. The van der Waals surface area contributed by atoms with E-state index < -0.39 is 10.0 Å². The lowest BCUT2D eigenvalue weighted by Crippen LogP contribution is -2.38. The minimum atomic E-state index is -3.77. The number of benzene rings is 1. The van der Waals surface area contributed by atoms with E-state index in [2.05, 4.69) is 14.6 Å². The molecule has 9 heteroatoms. The maximum absolute atomic E-state index is 13.0. The molecule has 0 unspecified atom stereocenters. The van der Waals surface area contributed by atoms with Gasteiger partial charge >= 0.3 is 0 Å². The summed E-state index contributed by atoms with van der Waals surface area (Å²) in [4.78, 5) is 7.16. The van der Waals surface area contributed by atoms with Crippen molar-refractivity contribution in [1.82, 2.24) is 9.88 Å². The van der Waals surface area contributed by atoms with Gasteiger partial charge in [-0.25, -0.2) is 8.42 Å². The number of methoxy groups -OCH3 is 1. The lowest BCUT2D eigenvalue weighted by molar-refractivity contribution is 0.164. The molecule has 2 aromatic heterocycles. The SMILES string of the molecule is COc1ccc(NS(=O)(=O)c2ccc(-c3ccccn3)s2)c2c1C[C@@H](N(C)C)CO2. The molecule has 3 aromatic rings. The lowest BCUT2D eigenvalue weighted by Gasteiger charge is -2.32. The number of pyridine rings is 1. The first-order valence-corrected chi connectivity index (χ1v) is 11.7. The molecule has 0 bridgehead atoms. The number of thiophene rings is 1. The van der Waals surface area contributed by atoms with Gasteiger partial charge in [0.2, 0.25) is 0 Å². The fourth-order valence-electron chi connectivity index (χ4n) is 3.35. The summed E-state index contributed by atoms with van der Waals surface area (Å²) >= 11 is 1.18. The van der Waals surface area contributed by atoms with Gasteiger partial charge in [0, 0.05) is 17.8 Å². The molecule has 1 aromatic carbocycles. The minimum Gasteiger partial charge on any atom is -0.496 e. The van der Waals surface area contributed by atoms with Crippen LogP contribution in [0.15, 0.2) is 52.9 Å². The summed E-state index contributed by atoms with van der Waals surface area (Å²) in [5.41, 5.74) is 2.02. The molecular weight excluding hydrogens is 422 g/mol. The molecule has 1 N–H and O–H groups in total. The highest BCUT2D eigenvalue weighted by Gasteiger charge is 2.29. The monoisotopic (exact) mass is 445 g/mol. The van der Waals surface area contributed by atoms with Gasteiger partial charge in [-0.1, -0.05) is 6.07 Å². The maximum atomic E-state index is 13.0. The van der Waals surface area contributed by atoms with Gasteiger partial charge < -0.3 is 14.4 Å². The van der Waals surface area contributed by atoms with Crippen molar-refractivity contribution in [1.29, 1.82) is 0 Å². The van der Waals surface area contributed by atoms with Crippen molar-refractivity contribution >= 4 is 27.0 Å². The van der Waals surface area contributed by atoms with E-state index >= 15 is 0 Å². The predicted octanol–water partition coefficient (Wildman–Crippen LogP) is 3.48. The molecule has 1 aliphatic rings. The van der Waals surface area contributed by atoms with Gasteiger partial charge in [0.1, 0.15) is 22.3 Å². The zero-order valence-electron chi connectivity index (χ0n) is 17.0. The Bertz CT molecular complexity index is 1140. The number of nitrogens with zero attached hydrogens (tertiary/aromatic N) is 2. The van der Waals surface area contributed by atoms with E-state index in [0.29, 0.717) is 30.2 Å². The summed E-state index contributed by atoms with van der Waals surface area (Å²) in [7, 11) is 1.81. The molecular formula is C21H23N3O4S2. The summed E-state index contributed by atoms with van der Waals surface area (Å²) in [6.07, 6.45) is 2.40. The molecule has 0 saturated heterocycles. The van der Waals surface area contributed by atoms with Gasteiger partial charge in [0.25, 0.3) is 10.0 Å². The topological polar surface area (TPSA) is 80.8 Å². The molecule has 158 valence electrons. The van der Waals surface area contributed by atoms with Crippen LogP contribution in [0.2, 0.25) is 0 Å². The third kappa shape index (κ3) is 4.00. The standard InChI is InChI=1S/C21H23N3O4S2/c1-24(2)14-12-15-18(27-3)8-7-17(21(15)28-13-14)23-30(25,26)20-10-9-19(29-20)16-6-4-5-11-22-16/h4-11,14,23H,12-13H2,1-3H3/t14-/m1/s1. The number of fused-ring (bicyclic) bond motifs is 1. The molecule has 4 rings (SSSR count). The van der Waals surface area contributed by atoms with E-state index in [1.807, 2.05) is 32.3 Å². The van der Waals surface area contributed by atoms with Gasteiger partial charge in [-0.05, 0) is 56.9 Å². The quantitative estimate of drug-likeness (QED) is 0.626. The number of rotatable bonds is 6. The number of anilines is 1. The first-order valence-electron chi connectivity index (χ1n) is 9.42. The molecule has 0 aliphatic carbocycles. The second-order valence-electron chi connectivity index (χ2n) is 7.19. The third-order valence-electron chi connectivity index (χ3n) is 5.04. The van der Waals surface area contributed by atoms with Crippen molar-refractivity contribution in [2.75, 3.05) is 32.5 Å². The molecule has 0 radical (unpaired) electrons. The maximum Gasteiger partial charge on any atom is 0.271 e. The molecule has 1 atom stereocenters. The number of nitrogens with one attached hydrogen (secondary N) is 1. The zero-order valence-corrected chi connectivity index (χ0v) is 18.6. The Morgan fingerprint density at radius 2 is 2.03 bits per heavy atom. The minimum absolute atomic E-state index is 0.191. The predicted molar refractivity (Wildman–Crippen MR) is 118 cm³/mol. The van der Waals surface area contributed by atoms with E-state index in [9.17, 15) is 8.42 Å². The highest BCUT2D eigenvalue weighted by atomic mass is 32.2. The molecule has 0 spiro atoms. The molecule has 0 amide bonds. The summed E-state index contributed by atoms with van der Waals surface area (Å²) < 4.78 is 40.4. The Morgan fingerprint density at radius 1 is 1.20 bits per heavy atom. The van der Waals surface area contributed by atoms with Crippen LogP contribution in [0.25, 0.3) is 10.6 Å². The van der Waals surface area contributed by atoms with Crippen molar-refractivity contribution < 1.29 is 17.9 Å². The Morgan fingerprint density at radius 3 is 2.73 bits per heavy atom. The van der Waals surface area contributed by atoms with Crippen LogP contribution in [0.4, 0.5) is 5.69 Å². The summed E-state index contributed by atoms with van der Waals surface area (Å²) in [6.45, 7) is 0.477. The van der Waals surface area contributed by atoms with Crippen LogP contribution in [-0.4, -0.2) is 52.2 Å². The zero-order chi connectivity index (χ0) is 21.3. The van der Waals surface area contributed by atoms with Crippen LogP contribution in [0, 0.1) is 0 Å². The van der Waals surface area contributed by atoms with Crippen LogP contribution in [0.5, 0.6) is 11.5 Å². The molecule has 0 fully saturated rings. The smallest absolute Gasteiger partial charge is 0.271 e. The van der Waals surface area contributed by atoms with E-state index in [4.69, 9.17) is 9.47 Å². The van der Waals surface area contributed by atoms with Crippen LogP contribution < -0.4 is 14.2 Å². The van der Waals surface area contributed by atoms with Crippen molar-refractivity contribution in [3.05, 3.63) is 54.2 Å². The first kappa shape index (κ1) is 20.6. The van der Waals surface area contributed by atoms with Crippen LogP contribution in [0.3, 0.4) is 0 Å². The van der Waals surface area contributed by atoms with Crippen molar-refractivity contribution in [3.8, 4) is 22.1 Å². The molecule has 3 heterocycles. The fraction of sp³-hybridized carbons (Fsp3) is 0.286. The summed E-state index contributed by atoms with van der Waals surface area (Å²) in [6, 6.07) is 12.5. The third-order valence-corrected chi connectivity index (χ3v) is 8.00. The number of hydrogen-bond acceptors (Lipinski definition) is 7. The molecule has 7 nitrogen and oxygen atoms in total. The van der Waals surface area contributed by atoms with Gasteiger partial charge in [-0.3, -0.25) is 9.71 Å². The van der Waals surface area contributed by atoms with Crippen LogP contribution in [-0.2, 0) is 16.4 Å². The normalized spacial score (nSPS) is 16.1. The van der Waals surface area contributed by atoms with Gasteiger partial charge in [0.05, 0.1) is 23.4 Å². The summed E-state index contributed by atoms with van der Waals surface area (Å²) in [5, 5.41) is 0. The van der Waals surface area contributed by atoms with Gasteiger partial charge in [-0.2, -0.15) is 0 Å². The lowest BCUT2D eigenvalue weighted by atomic mass is 10.00. The largest absolute Gasteiger partial charge is 0.496 e. The van der Waals surface area contributed by atoms with Crippen molar-refractivity contribution in [2.45, 2.75) is 16.7 Å². The number of aromatic nitrogens is 1. The van der Waals surface area contributed by atoms with E-state index in [-0.39, 0.29) is 10.3 Å². The fourth-order valence-corrected chi connectivity index (χ4v) is 5.70. The first-order chi connectivity index (χ1) is 14.4. The van der Waals surface area contributed by atoms with Gasteiger partial charge in [0.15, 0.2) is 0 Å². The Labute approximate surface area is 180 Å². The second-order valence-corrected chi connectivity index (χ2v) is 10.2. The van der Waals surface area contributed by atoms with Crippen LogP contribution in [0.1, 0.15) is 5.56 Å². The number of ether oxygens (including phenoxy) is 2. The van der Waals surface area contributed by atoms with Crippen molar-refractivity contribution in [2.24, 2.45) is 0 Å². The number of hydrogen-bond donors (Lipinski definition) is 1. The molecule has 0 saturated carbocycles. The van der Waals surface area contributed by atoms with E-state index in [1.54, 1.807) is 37.6 Å². The van der Waals surface area contributed by atoms with Crippen LogP contribution >= 0.6 is 11.3 Å². The van der Waals surface area contributed by atoms with E-state index in [0.717, 1.165) is 16.1 Å². The molecule has 30 heavy (non-hydrogen) atoms. The summed E-state index contributed by atoms with van der Waals surface area (Å²) in [5.74, 6) is 1.21. The Kier molecular flexibility index (Phi) is 5.68. The Hall–Kier alpha value is -2.62. The second kappa shape index (κ2) is 8.25. The Balaban J connectivity index is 1.64. The average molecular weight is 446 g/mol. The number of sulfonamides is 1. The number of likely N-dealkylation sites (N-methyl/N-ethyl adjacent to an activating group) is 1. The highest BCUT2D eigenvalue weighted by molar-refractivity contribution is 7.94. The van der Waals surface area contributed by atoms with E-state index in [1.165, 1.54) is 11.3 Å². The molecule has 1 aliphatic heterocycles. The highest BCUT2D eigenvalue weighted by Crippen LogP contribution is 2.41.